The second-order valence-corrected chi connectivity index (χ2v) is 4.65. The second kappa shape index (κ2) is 5.86. The van der Waals surface area contributed by atoms with Crippen LogP contribution in [0.3, 0.4) is 0 Å². The van der Waals surface area contributed by atoms with E-state index in [1.165, 1.54) is 0 Å². The van der Waals surface area contributed by atoms with E-state index >= 15 is 0 Å². The monoisotopic (exact) mass is 207 g/mol. The fourth-order valence-electron chi connectivity index (χ4n) is 1.88. The Morgan fingerprint density at radius 1 is 1.40 bits per heavy atom. The molecular weight excluding hydrogens is 186 g/mol. The van der Waals surface area contributed by atoms with Gasteiger partial charge >= 0.3 is 0 Å². The molecular formula is C13H21NO. The van der Waals surface area contributed by atoms with Gasteiger partial charge in [0.2, 0.25) is 0 Å². The van der Waals surface area contributed by atoms with Crippen molar-refractivity contribution >= 4 is 6.21 Å². The largest absolute Gasteiger partial charge is 0.388 e. The van der Waals surface area contributed by atoms with Crippen molar-refractivity contribution in [3.8, 4) is 0 Å². The van der Waals surface area contributed by atoms with Crippen LogP contribution in [0.4, 0.5) is 0 Å². The average molecular weight is 207 g/mol. The molecule has 1 N–H and O–H groups in total. The zero-order chi connectivity index (χ0) is 11.3. The van der Waals surface area contributed by atoms with Crippen LogP contribution >= 0.6 is 0 Å². The molecule has 2 atom stereocenters. The highest BCUT2D eigenvalue weighted by molar-refractivity contribution is 5.61. The number of aliphatic imine (C=N–C) groups is 1. The van der Waals surface area contributed by atoms with Crippen molar-refractivity contribution in [3.63, 3.8) is 0 Å². The minimum atomic E-state index is -0.390. The predicted octanol–water partition coefficient (Wildman–Crippen LogP) is 2.94. The van der Waals surface area contributed by atoms with Gasteiger partial charge in [-0.05, 0) is 23.8 Å². The second-order valence-electron chi connectivity index (χ2n) is 4.65. The summed E-state index contributed by atoms with van der Waals surface area (Å²) in [7, 11) is 0. The number of hydrogen-bond acceptors (Lipinski definition) is 2. The van der Waals surface area contributed by atoms with E-state index in [4.69, 9.17) is 0 Å². The SMILES string of the molecule is CC(C)CC(C)C(O)C1=CN=CCC=C1. The van der Waals surface area contributed by atoms with Crippen LogP contribution in [-0.4, -0.2) is 17.4 Å². The van der Waals surface area contributed by atoms with Crippen molar-refractivity contribution in [2.24, 2.45) is 16.8 Å². The molecule has 0 spiro atoms. The highest BCUT2D eigenvalue weighted by Gasteiger charge is 2.18. The summed E-state index contributed by atoms with van der Waals surface area (Å²) in [6.07, 6.45) is 9.14. The van der Waals surface area contributed by atoms with Crippen LogP contribution in [0.1, 0.15) is 33.6 Å². The Hall–Kier alpha value is -0.890. The van der Waals surface area contributed by atoms with E-state index in [0.29, 0.717) is 5.92 Å². The van der Waals surface area contributed by atoms with Gasteiger partial charge in [-0.1, -0.05) is 32.9 Å². The first-order chi connectivity index (χ1) is 7.11. The summed E-state index contributed by atoms with van der Waals surface area (Å²) in [6, 6.07) is 0. The van der Waals surface area contributed by atoms with Crippen LogP contribution < -0.4 is 0 Å². The van der Waals surface area contributed by atoms with Crippen LogP contribution in [0, 0.1) is 11.8 Å². The molecule has 0 bridgehead atoms. The summed E-state index contributed by atoms with van der Waals surface area (Å²) in [5.74, 6) is 0.905. The first-order valence-electron chi connectivity index (χ1n) is 5.67. The normalized spacial score (nSPS) is 19.9. The van der Waals surface area contributed by atoms with E-state index in [1.807, 2.05) is 18.4 Å². The molecule has 0 fully saturated rings. The molecule has 0 amide bonds. The van der Waals surface area contributed by atoms with Crippen LogP contribution in [0.25, 0.3) is 0 Å². The lowest BCUT2D eigenvalue weighted by atomic mass is 9.90. The summed E-state index contributed by atoms with van der Waals surface area (Å²) in [5.41, 5.74) is 0.928. The zero-order valence-corrected chi connectivity index (χ0v) is 9.85. The van der Waals surface area contributed by atoms with E-state index in [-0.39, 0.29) is 12.0 Å². The number of aliphatic hydroxyl groups excluding tert-OH is 1. The Morgan fingerprint density at radius 3 is 2.80 bits per heavy atom. The van der Waals surface area contributed by atoms with Gasteiger partial charge in [-0.3, -0.25) is 4.99 Å². The quantitative estimate of drug-likeness (QED) is 0.755. The van der Waals surface area contributed by atoms with Crippen LogP contribution in [0.15, 0.2) is 28.9 Å². The molecule has 0 saturated carbocycles. The molecule has 2 heteroatoms. The van der Waals surface area contributed by atoms with E-state index < -0.39 is 0 Å². The molecule has 1 rings (SSSR count). The summed E-state index contributed by atoms with van der Waals surface area (Å²) in [4.78, 5) is 4.13. The van der Waals surface area contributed by atoms with Gasteiger partial charge in [0.1, 0.15) is 0 Å². The Kier molecular flexibility index (Phi) is 4.76. The van der Waals surface area contributed by atoms with Crippen molar-refractivity contribution in [2.75, 3.05) is 0 Å². The minimum absolute atomic E-state index is 0.286. The Labute approximate surface area is 92.4 Å². The number of allylic oxidation sites excluding steroid dienone is 1. The van der Waals surface area contributed by atoms with Crippen LogP contribution in [0.2, 0.25) is 0 Å². The average Bonchev–Trinajstić information content (AvgIpc) is 2.43. The Bertz CT molecular complexity index is 276. The molecule has 0 aromatic heterocycles. The van der Waals surface area contributed by atoms with E-state index in [1.54, 1.807) is 6.20 Å². The van der Waals surface area contributed by atoms with Crippen LogP contribution in [0.5, 0.6) is 0 Å². The Balaban J connectivity index is 2.62. The number of nitrogens with zero attached hydrogens (tertiary/aromatic N) is 1. The smallest absolute Gasteiger partial charge is 0.0830 e. The molecule has 0 aliphatic carbocycles. The lowest BCUT2D eigenvalue weighted by Gasteiger charge is -2.21. The van der Waals surface area contributed by atoms with Crippen molar-refractivity contribution in [1.29, 1.82) is 0 Å². The van der Waals surface area contributed by atoms with Gasteiger partial charge in [0.25, 0.3) is 0 Å². The Morgan fingerprint density at radius 2 is 2.13 bits per heavy atom. The topological polar surface area (TPSA) is 32.6 Å². The molecule has 0 aromatic carbocycles. The molecule has 2 unspecified atom stereocenters. The lowest BCUT2D eigenvalue weighted by Crippen LogP contribution is -2.20. The van der Waals surface area contributed by atoms with Gasteiger partial charge in [-0.15, -0.1) is 0 Å². The molecule has 2 nitrogen and oxygen atoms in total. The minimum Gasteiger partial charge on any atom is -0.388 e. The molecule has 1 aliphatic heterocycles. The van der Waals surface area contributed by atoms with Gasteiger partial charge in [-0.25, -0.2) is 0 Å². The zero-order valence-electron chi connectivity index (χ0n) is 9.85. The van der Waals surface area contributed by atoms with E-state index in [2.05, 4.69) is 25.8 Å². The van der Waals surface area contributed by atoms with Gasteiger partial charge in [0.05, 0.1) is 6.10 Å². The number of rotatable bonds is 4. The van der Waals surface area contributed by atoms with Gasteiger partial charge in [0.15, 0.2) is 0 Å². The summed E-state index contributed by atoms with van der Waals surface area (Å²) in [6.45, 7) is 6.45. The van der Waals surface area contributed by atoms with Crippen molar-refractivity contribution in [1.82, 2.24) is 0 Å². The lowest BCUT2D eigenvalue weighted by molar-refractivity contribution is 0.140. The molecule has 0 saturated heterocycles. The number of aliphatic hydroxyl groups is 1. The first kappa shape index (κ1) is 12.2. The fourth-order valence-corrected chi connectivity index (χ4v) is 1.88. The summed E-state index contributed by atoms with van der Waals surface area (Å²) in [5, 5.41) is 10.1. The maximum absolute atomic E-state index is 10.1. The molecule has 0 radical (unpaired) electrons. The van der Waals surface area contributed by atoms with Gasteiger partial charge in [0, 0.05) is 18.8 Å². The summed E-state index contributed by atoms with van der Waals surface area (Å²) >= 11 is 0. The summed E-state index contributed by atoms with van der Waals surface area (Å²) < 4.78 is 0. The number of hydrogen-bond donors (Lipinski definition) is 1. The molecule has 84 valence electrons. The van der Waals surface area contributed by atoms with Crippen LogP contribution in [-0.2, 0) is 0 Å². The third kappa shape index (κ3) is 4.00. The molecule has 1 heterocycles. The van der Waals surface area contributed by atoms with Gasteiger partial charge < -0.3 is 5.11 Å². The third-order valence-electron chi connectivity index (χ3n) is 2.60. The molecule has 15 heavy (non-hydrogen) atoms. The van der Waals surface area contributed by atoms with Crippen molar-refractivity contribution in [2.45, 2.75) is 39.7 Å². The fraction of sp³-hybridized carbons (Fsp3) is 0.615. The third-order valence-corrected chi connectivity index (χ3v) is 2.60. The van der Waals surface area contributed by atoms with Gasteiger partial charge in [-0.2, -0.15) is 0 Å². The standard InChI is InChI=1S/C13H21NO/c1-10(2)8-11(3)13(15)12-6-4-5-7-14-9-12/h4,6-7,9-11,13,15H,5,8H2,1-3H3. The van der Waals surface area contributed by atoms with Crippen molar-refractivity contribution in [3.05, 3.63) is 23.9 Å². The molecule has 0 aromatic rings. The predicted molar refractivity (Wildman–Crippen MR) is 65.0 cm³/mol. The highest BCUT2D eigenvalue weighted by Crippen LogP contribution is 2.21. The maximum atomic E-state index is 10.1. The first-order valence-corrected chi connectivity index (χ1v) is 5.67. The van der Waals surface area contributed by atoms with E-state index in [9.17, 15) is 5.11 Å². The van der Waals surface area contributed by atoms with E-state index in [0.717, 1.165) is 18.4 Å². The molecule has 1 aliphatic rings. The van der Waals surface area contributed by atoms with Crippen molar-refractivity contribution < 1.29 is 5.11 Å². The highest BCUT2D eigenvalue weighted by atomic mass is 16.3. The maximum Gasteiger partial charge on any atom is 0.0830 e.